The van der Waals surface area contributed by atoms with Crippen LogP contribution in [0.2, 0.25) is 0 Å². The Labute approximate surface area is 212 Å². The van der Waals surface area contributed by atoms with E-state index in [9.17, 15) is 14.4 Å². The predicted octanol–water partition coefficient (Wildman–Crippen LogP) is 4.17. The number of amides is 2. The normalized spacial score (nSPS) is 10.6. The average Bonchev–Trinajstić information content (AvgIpc) is 2.93. The number of hydrazone groups is 1. The standard InChI is InChI=1S/C28H23N3O6/c1-35-24-15-12-20(16-25(24)36-2)28(34)37-21-13-10-18(11-14-21)17-29-31-27(33)26(32)30-23-9-5-7-19-6-3-4-8-22(19)23/h3-17H,1-2H3,(H,30,32)(H,31,33)/b29-17+. The Balaban J connectivity index is 1.32. The number of esters is 1. The van der Waals surface area contributed by atoms with E-state index in [0.29, 0.717) is 34.1 Å². The van der Waals surface area contributed by atoms with Crippen molar-refractivity contribution < 1.29 is 28.6 Å². The molecule has 0 fully saturated rings. The van der Waals surface area contributed by atoms with Crippen LogP contribution in [0.5, 0.6) is 17.2 Å². The number of rotatable bonds is 7. The van der Waals surface area contributed by atoms with E-state index in [0.717, 1.165) is 10.8 Å². The molecular weight excluding hydrogens is 474 g/mol. The zero-order valence-electron chi connectivity index (χ0n) is 20.1. The van der Waals surface area contributed by atoms with Gasteiger partial charge in [0.15, 0.2) is 11.5 Å². The van der Waals surface area contributed by atoms with Crippen molar-refractivity contribution in [2.45, 2.75) is 0 Å². The molecule has 0 aliphatic heterocycles. The summed E-state index contributed by atoms with van der Waals surface area (Å²) in [4.78, 5) is 36.9. The number of benzene rings is 4. The van der Waals surface area contributed by atoms with Gasteiger partial charge in [0.25, 0.3) is 0 Å². The Bertz CT molecular complexity index is 1480. The first kappa shape index (κ1) is 24.9. The second-order valence-electron chi connectivity index (χ2n) is 7.71. The van der Waals surface area contributed by atoms with Gasteiger partial charge >= 0.3 is 17.8 Å². The molecule has 4 aromatic carbocycles. The van der Waals surface area contributed by atoms with E-state index < -0.39 is 17.8 Å². The highest BCUT2D eigenvalue weighted by Gasteiger charge is 2.15. The monoisotopic (exact) mass is 497 g/mol. The summed E-state index contributed by atoms with van der Waals surface area (Å²) in [6.07, 6.45) is 1.36. The fraction of sp³-hybridized carbons (Fsp3) is 0.0714. The summed E-state index contributed by atoms with van der Waals surface area (Å²) in [6, 6.07) is 24.1. The van der Waals surface area contributed by atoms with Crippen molar-refractivity contribution in [1.29, 1.82) is 0 Å². The predicted molar refractivity (Wildman–Crippen MR) is 139 cm³/mol. The van der Waals surface area contributed by atoms with Gasteiger partial charge in [-0.1, -0.05) is 36.4 Å². The summed E-state index contributed by atoms with van der Waals surface area (Å²) in [7, 11) is 2.99. The van der Waals surface area contributed by atoms with Crippen molar-refractivity contribution in [3.8, 4) is 17.2 Å². The average molecular weight is 498 g/mol. The lowest BCUT2D eigenvalue weighted by Gasteiger charge is -2.09. The summed E-state index contributed by atoms with van der Waals surface area (Å²) in [5.74, 6) is -1.09. The number of hydrogen-bond donors (Lipinski definition) is 2. The molecule has 0 aromatic heterocycles. The molecule has 0 saturated heterocycles. The first-order valence-corrected chi connectivity index (χ1v) is 11.1. The molecule has 9 nitrogen and oxygen atoms in total. The number of ether oxygens (including phenoxy) is 3. The Hall–Kier alpha value is -5.18. The minimum Gasteiger partial charge on any atom is -0.493 e. The molecule has 0 radical (unpaired) electrons. The van der Waals surface area contributed by atoms with Gasteiger partial charge in [-0.3, -0.25) is 9.59 Å². The SMILES string of the molecule is COc1ccc(C(=O)Oc2ccc(/C=N/NC(=O)C(=O)Nc3cccc4ccccc34)cc2)cc1OC. The first-order chi connectivity index (χ1) is 18.0. The molecule has 4 aromatic rings. The van der Waals surface area contributed by atoms with Gasteiger partial charge in [0.05, 0.1) is 26.0 Å². The highest BCUT2D eigenvalue weighted by molar-refractivity contribution is 6.40. The van der Waals surface area contributed by atoms with Crippen molar-refractivity contribution in [3.05, 3.63) is 96.1 Å². The second kappa shape index (κ2) is 11.5. The fourth-order valence-corrected chi connectivity index (χ4v) is 3.48. The van der Waals surface area contributed by atoms with E-state index in [1.807, 2.05) is 30.3 Å². The zero-order valence-corrected chi connectivity index (χ0v) is 20.1. The number of nitrogens with zero attached hydrogens (tertiary/aromatic N) is 1. The van der Waals surface area contributed by atoms with Crippen LogP contribution in [0.25, 0.3) is 10.8 Å². The number of carbonyl (C=O) groups excluding carboxylic acids is 3. The number of fused-ring (bicyclic) bond motifs is 1. The van der Waals surface area contributed by atoms with Gasteiger partial charge in [0.2, 0.25) is 0 Å². The van der Waals surface area contributed by atoms with E-state index in [4.69, 9.17) is 14.2 Å². The molecule has 0 bridgehead atoms. The largest absolute Gasteiger partial charge is 0.493 e. The van der Waals surface area contributed by atoms with Crippen LogP contribution in [0.15, 0.2) is 90.0 Å². The third-order valence-corrected chi connectivity index (χ3v) is 5.33. The molecular formula is C28H23N3O6. The molecule has 0 saturated carbocycles. The van der Waals surface area contributed by atoms with E-state index in [2.05, 4.69) is 15.8 Å². The van der Waals surface area contributed by atoms with Gasteiger partial charge in [-0.2, -0.15) is 5.10 Å². The molecule has 0 aliphatic carbocycles. The summed E-state index contributed by atoms with van der Waals surface area (Å²) in [5, 5.41) is 8.18. The van der Waals surface area contributed by atoms with Crippen LogP contribution in [0.4, 0.5) is 5.69 Å². The third kappa shape index (κ3) is 6.09. The Morgan fingerprint density at radius 1 is 0.784 bits per heavy atom. The quantitative estimate of drug-likeness (QED) is 0.130. The third-order valence-electron chi connectivity index (χ3n) is 5.33. The van der Waals surface area contributed by atoms with Crippen LogP contribution in [-0.2, 0) is 9.59 Å². The van der Waals surface area contributed by atoms with Crippen LogP contribution in [0, 0.1) is 0 Å². The van der Waals surface area contributed by atoms with Crippen molar-refractivity contribution in [2.24, 2.45) is 5.10 Å². The van der Waals surface area contributed by atoms with Gasteiger partial charge in [-0.15, -0.1) is 0 Å². The number of carbonyl (C=O) groups is 3. The lowest BCUT2D eigenvalue weighted by molar-refractivity contribution is -0.136. The maximum atomic E-state index is 12.5. The first-order valence-electron chi connectivity index (χ1n) is 11.1. The zero-order chi connectivity index (χ0) is 26.2. The van der Waals surface area contributed by atoms with E-state index in [-0.39, 0.29) is 0 Å². The van der Waals surface area contributed by atoms with Crippen molar-refractivity contribution in [2.75, 3.05) is 19.5 Å². The van der Waals surface area contributed by atoms with Gasteiger partial charge < -0.3 is 19.5 Å². The van der Waals surface area contributed by atoms with Gasteiger partial charge in [-0.25, -0.2) is 10.2 Å². The molecule has 4 rings (SSSR count). The molecule has 0 spiro atoms. The summed E-state index contributed by atoms with van der Waals surface area (Å²) >= 11 is 0. The van der Waals surface area contributed by atoms with Crippen LogP contribution in [-0.4, -0.2) is 38.2 Å². The maximum absolute atomic E-state index is 12.5. The Morgan fingerprint density at radius 3 is 2.27 bits per heavy atom. The van der Waals surface area contributed by atoms with Crippen molar-refractivity contribution in [3.63, 3.8) is 0 Å². The molecule has 37 heavy (non-hydrogen) atoms. The van der Waals surface area contributed by atoms with Gasteiger partial charge in [0.1, 0.15) is 5.75 Å². The smallest absolute Gasteiger partial charge is 0.343 e. The minimum atomic E-state index is -0.912. The number of anilines is 1. The van der Waals surface area contributed by atoms with Crippen LogP contribution < -0.4 is 25.0 Å². The topological polar surface area (TPSA) is 115 Å². The summed E-state index contributed by atoms with van der Waals surface area (Å²) in [6.45, 7) is 0. The number of methoxy groups -OCH3 is 2. The lowest BCUT2D eigenvalue weighted by atomic mass is 10.1. The molecule has 0 atom stereocenters. The highest BCUT2D eigenvalue weighted by Crippen LogP contribution is 2.28. The van der Waals surface area contributed by atoms with Crippen LogP contribution in [0.3, 0.4) is 0 Å². The molecule has 2 amide bonds. The van der Waals surface area contributed by atoms with E-state index in [1.54, 1.807) is 48.5 Å². The number of nitrogens with one attached hydrogen (secondary N) is 2. The van der Waals surface area contributed by atoms with E-state index >= 15 is 0 Å². The minimum absolute atomic E-state index is 0.299. The molecule has 186 valence electrons. The van der Waals surface area contributed by atoms with Crippen molar-refractivity contribution in [1.82, 2.24) is 5.43 Å². The summed E-state index contributed by atoms with van der Waals surface area (Å²) < 4.78 is 15.8. The lowest BCUT2D eigenvalue weighted by Crippen LogP contribution is -2.32. The second-order valence-corrected chi connectivity index (χ2v) is 7.71. The Kier molecular flexibility index (Phi) is 7.75. The van der Waals surface area contributed by atoms with E-state index in [1.165, 1.54) is 26.5 Å². The maximum Gasteiger partial charge on any atom is 0.343 e. The molecule has 9 heteroatoms. The van der Waals surface area contributed by atoms with Crippen LogP contribution >= 0.6 is 0 Å². The fourth-order valence-electron chi connectivity index (χ4n) is 3.48. The molecule has 0 heterocycles. The molecule has 0 aliphatic rings. The van der Waals surface area contributed by atoms with Gasteiger partial charge in [-0.05, 0) is 59.5 Å². The van der Waals surface area contributed by atoms with Gasteiger partial charge in [0, 0.05) is 11.1 Å². The summed E-state index contributed by atoms with van der Waals surface area (Å²) in [5.41, 5.74) is 3.64. The Morgan fingerprint density at radius 2 is 1.51 bits per heavy atom. The molecule has 2 N–H and O–H groups in total. The van der Waals surface area contributed by atoms with Crippen molar-refractivity contribution >= 4 is 40.5 Å². The molecule has 0 unspecified atom stereocenters. The highest BCUT2D eigenvalue weighted by atomic mass is 16.5. The number of hydrogen-bond acceptors (Lipinski definition) is 7. The van der Waals surface area contributed by atoms with Crippen LogP contribution in [0.1, 0.15) is 15.9 Å².